The van der Waals surface area contributed by atoms with Crippen LogP contribution in [0.2, 0.25) is 0 Å². The highest BCUT2D eigenvalue weighted by Crippen LogP contribution is 2.15. The minimum atomic E-state index is -3.66. The van der Waals surface area contributed by atoms with Gasteiger partial charge in [-0.2, -0.15) is 4.31 Å². The molecule has 0 aromatic heterocycles. The lowest BCUT2D eigenvalue weighted by Crippen LogP contribution is -2.38. The van der Waals surface area contributed by atoms with Crippen molar-refractivity contribution in [1.29, 1.82) is 0 Å². The Kier molecular flexibility index (Phi) is 7.16. The summed E-state index contributed by atoms with van der Waals surface area (Å²) in [7, 11) is -2.24. The third-order valence-electron chi connectivity index (χ3n) is 4.54. The first kappa shape index (κ1) is 21.1. The summed E-state index contributed by atoms with van der Waals surface area (Å²) in [5.74, 6) is -0.297. The van der Waals surface area contributed by atoms with E-state index in [2.05, 4.69) is 37.4 Å². The smallest absolute Gasteiger partial charge is 0.243 e. The molecule has 2 aromatic rings. The molecule has 0 aliphatic rings. The number of amides is 1. The zero-order valence-corrected chi connectivity index (χ0v) is 17.3. The molecule has 0 heterocycles. The molecule has 0 radical (unpaired) electrons. The number of likely N-dealkylation sites (N-methyl/N-ethyl adjacent to an activating group) is 1. The van der Waals surface area contributed by atoms with Gasteiger partial charge in [0.2, 0.25) is 15.9 Å². The highest BCUT2D eigenvalue weighted by molar-refractivity contribution is 7.89. The zero-order chi connectivity index (χ0) is 20.0. The van der Waals surface area contributed by atoms with Crippen molar-refractivity contribution in [3.8, 4) is 0 Å². The third-order valence-corrected chi connectivity index (χ3v) is 6.36. The summed E-state index contributed by atoms with van der Waals surface area (Å²) in [6.07, 6.45) is 1.69. The van der Waals surface area contributed by atoms with Gasteiger partial charge in [0.15, 0.2) is 0 Å². The van der Waals surface area contributed by atoms with Gasteiger partial charge < -0.3 is 5.32 Å². The van der Waals surface area contributed by atoms with Crippen LogP contribution in [0.3, 0.4) is 0 Å². The Balaban J connectivity index is 1.81. The number of hydrogen-bond donors (Lipinski definition) is 1. The van der Waals surface area contributed by atoms with Crippen molar-refractivity contribution in [3.63, 3.8) is 0 Å². The number of rotatable bonds is 8. The number of nitrogens with zero attached hydrogens (tertiary/aromatic N) is 1. The van der Waals surface area contributed by atoms with Gasteiger partial charge in [-0.3, -0.25) is 4.79 Å². The van der Waals surface area contributed by atoms with Crippen molar-refractivity contribution in [2.75, 3.05) is 20.1 Å². The lowest BCUT2D eigenvalue weighted by molar-refractivity contribution is -0.121. The fraction of sp³-hybridized carbons (Fsp3) is 0.381. The maximum atomic E-state index is 12.5. The minimum Gasteiger partial charge on any atom is -0.355 e. The molecule has 5 nitrogen and oxygen atoms in total. The molecule has 1 amide bonds. The molecule has 0 bridgehead atoms. The molecule has 6 heteroatoms. The van der Waals surface area contributed by atoms with Gasteiger partial charge in [-0.25, -0.2) is 8.42 Å². The average molecular weight is 389 g/mol. The number of hydrogen-bond acceptors (Lipinski definition) is 3. The summed E-state index contributed by atoms with van der Waals surface area (Å²) in [6.45, 7) is 6.37. The average Bonchev–Trinajstić information content (AvgIpc) is 2.60. The topological polar surface area (TPSA) is 66.5 Å². The van der Waals surface area contributed by atoms with Crippen LogP contribution in [0.5, 0.6) is 0 Å². The predicted octanol–water partition coefficient (Wildman–Crippen LogP) is 2.98. The van der Waals surface area contributed by atoms with E-state index >= 15 is 0 Å². The van der Waals surface area contributed by atoms with Crippen molar-refractivity contribution in [2.45, 2.75) is 38.5 Å². The van der Waals surface area contributed by atoms with Gasteiger partial charge in [-0.15, -0.1) is 0 Å². The number of sulfonamides is 1. The molecule has 0 atom stereocenters. The van der Waals surface area contributed by atoms with Gasteiger partial charge in [0.05, 0.1) is 11.4 Å². The second-order valence-electron chi connectivity index (χ2n) is 6.96. The third kappa shape index (κ3) is 5.91. The highest BCUT2D eigenvalue weighted by atomic mass is 32.2. The van der Waals surface area contributed by atoms with E-state index in [4.69, 9.17) is 0 Å². The summed E-state index contributed by atoms with van der Waals surface area (Å²) in [6, 6.07) is 13.0. The van der Waals surface area contributed by atoms with E-state index in [0.717, 1.165) is 22.7 Å². The van der Waals surface area contributed by atoms with Gasteiger partial charge in [0.25, 0.3) is 0 Å². The summed E-state index contributed by atoms with van der Waals surface area (Å²) in [5, 5.41) is 2.80. The summed E-state index contributed by atoms with van der Waals surface area (Å²) < 4.78 is 26.1. The maximum Gasteiger partial charge on any atom is 0.243 e. The van der Waals surface area contributed by atoms with Gasteiger partial charge in [-0.05, 0) is 56.9 Å². The molecule has 0 saturated carbocycles. The summed E-state index contributed by atoms with van der Waals surface area (Å²) in [4.78, 5) is 12.3. The maximum absolute atomic E-state index is 12.5. The summed E-state index contributed by atoms with van der Waals surface area (Å²) >= 11 is 0. The van der Waals surface area contributed by atoms with E-state index in [-0.39, 0.29) is 17.3 Å². The lowest BCUT2D eigenvalue weighted by Gasteiger charge is -2.17. The standard InChI is InChI=1S/C21H28N2O3S/c1-16-8-11-20(12-9-16)27(25,26)23(4)15-21(24)22-13-5-6-19-10-7-17(2)14-18(19)3/h7-12,14H,5-6,13,15H2,1-4H3,(H,22,24). The molecule has 146 valence electrons. The minimum absolute atomic E-state index is 0.193. The second-order valence-corrected chi connectivity index (χ2v) is 9.00. The van der Waals surface area contributed by atoms with Crippen molar-refractivity contribution in [3.05, 3.63) is 64.7 Å². The van der Waals surface area contributed by atoms with E-state index in [1.807, 2.05) is 6.92 Å². The first-order chi connectivity index (χ1) is 12.7. The van der Waals surface area contributed by atoms with E-state index in [1.165, 1.54) is 23.7 Å². The Bertz CT molecular complexity index is 890. The molecule has 0 saturated heterocycles. The zero-order valence-electron chi connectivity index (χ0n) is 16.5. The Morgan fingerprint density at radius 3 is 2.26 bits per heavy atom. The van der Waals surface area contributed by atoms with Crippen LogP contribution in [-0.4, -0.2) is 38.8 Å². The van der Waals surface area contributed by atoms with Crippen LogP contribution < -0.4 is 5.32 Å². The Labute approximate surface area is 162 Å². The predicted molar refractivity (Wildman–Crippen MR) is 108 cm³/mol. The van der Waals surface area contributed by atoms with Crippen LogP contribution in [0.1, 0.15) is 28.7 Å². The SMILES string of the molecule is Cc1ccc(S(=O)(=O)N(C)CC(=O)NCCCc2ccc(C)cc2C)cc1. The highest BCUT2D eigenvalue weighted by Gasteiger charge is 2.22. The molecule has 0 spiro atoms. The Hall–Kier alpha value is -2.18. The van der Waals surface area contributed by atoms with E-state index in [1.54, 1.807) is 24.3 Å². The van der Waals surface area contributed by atoms with Crippen LogP contribution in [0.4, 0.5) is 0 Å². The van der Waals surface area contributed by atoms with E-state index in [0.29, 0.717) is 6.54 Å². The molecule has 0 unspecified atom stereocenters. The normalized spacial score (nSPS) is 11.6. The largest absolute Gasteiger partial charge is 0.355 e. The second kappa shape index (κ2) is 9.15. The van der Waals surface area contributed by atoms with Crippen molar-refractivity contribution >= 4 is 15.9 Å². The molecule has 1 N–H and O–H groups in total. The Morgan fingerprint density at radius 1 is 1.00 bits per heavy atom. The van der Waals surface area contributed by atoms with E-state index < -0.39 is 10.0 Å². The van der Waals surface area contributed by atoms with Crippen LogP contribution in [0, 0.1) is 20.8 Å². The first-order valence-corrected chi connectivity index (χ1v) is 10.5. The van der Waals surface area contributed by atoms with Crippen molar-refractivity contribution < 1.29 is 13.2 Å². The fourth-order valence-electron chi connectivity index (χ4n) is 2.87. The number of carbonyl (C=O) groups is 1. The van der Waals surface area contributed by atoms with Gasteiger partial charge >= 0.3 is 0 Å². The fourth-order valence-corrected chi connectivity index (χ4v) is 3.99. The number of benzene rings is 2. The lowest BCUT2D eigenvalue weighted by atomic mass is 10.0. The monoisotopic (exact) mass is 388 g/mol. The van der Waals surface area contributed by atoms with Gasteiger partial charge in [0, 0.05) is 13.6 Å². The van der Waals surface area contributed by atoms with Crippen molar-refractivity contribution in [2.24, 2.45) is 0 Å². The summed E-state index contributed by atoms with van der Waals surface area (Å²) in [5.41, 5.74) is 4.75. The molecular weight excluding hydrogens is 360 g/mol. The van der Waals surface area contributed by atoms with Crippen LogP contribution in [0.15, 0.2) is 47.4 Å². The van der Waals surface area contributed by atoms with Gasteiger partial charge in [-0.1, -0.05) is 41.5 Å². The van der Waals surface area contributed by atoms with Gasteiger partial charge in [0.1, 0.15) is 0 Å². The molecule has 0 aliphatic carbocycles. The van der Waals surface area contributed by atoms with Crippen molar-refractivity contribution in [1.82, 2.24) is 9.62 Å². The molecular formula is C21H28N2O3S. The quantitative estimate of drug-likeness (QED) is 0.707. The number of nitrogens with one attached hydrogen (secondary N) is 1. The molecule has 0 aliphatic heterocycles. The first-order valence-electron chi connectivity index (χ1n) is 9.06. The molecule has 27 heavy (non-hydrogen) atoms. The molecule has 2 aromatic carbocycles. The Morgan fingerprint density at radius 2 is 1.63 bits per heavy atom. The number of carbonyl (C=O) groups excluding carboxylic acids is 1. The molecule has 2 rings (SSSR count). The van der Waals surface area contributed by atoms with Crippen LogP contribution in [-0.2, 0) is 21.2 Å². The van der Waals surface area contributed by atoms with Crippen LogP contribution in [0.25, 0.3) is 0 Å². The van der Waals surface area contributed by atoms with E-state index in [9.17, 15) is 13.2 Å². The molecule has 0 fully saturated rings. The number of aryl methyl sites for hydroxylation is 4. The van der Waals surface area contributed by atoms with Crippen LogP contribution >= 0.6 is 0 Å².